The molecule has 3 aromatic carbocycles. The molecule has 0 spiro atoms. The van der Waals surface area contributed by atoms with E-state index >= 15 is 0 Å². The molecule has 0 aliphatic carbocycles. The maximum atomic E-state index is 13.0. The van der Waals surface area contributed by atoms with Crippen LogP contribution in [0, 0.1) is 10.1 Å². The summed E-state index contributed by atoms with van der Waals surface area (Å²) in [6, 6.07) is 18.5. The molecule has 2 aliphatic rings. The van der Waals surface area contributed by atoms with E-state index in [1.165, 1.54) is 29.4 Å². The number of hydrogen-bond donors (Lipinski definition) is 4. The number of benzene rings is 3. The number of nitrogens with zero attached hydrogens (tertiary/aromatic N) is 6. The Morgan fingerprint density at radius 3 is 2.66 bits per heavy atom. The van der Waals surface area contributed by atoms with Crippen LogP contribution in [0.4, 0.5) is 17.2 Å². The van der Waals surface area contributed by atoms with E-state index in [1.807, 2.05) is 29.2 Å². The summed E-state index contributed by atoms with van der Waals surface area (Å²) < 4.78 is 12.9. The Morgan fingerprint density at radius 1 is 1.02 bits per heavy atom. The van der Waals surface area contributed by atoms with Crippen LogP contribution in [0.5, 0.6) is 0 Å². The van der Waals surface area contributed by atoms with Gasteiger partial charge in [0.05, 0.1) is 24.5 Å². The van der Waals surface area contributed by atoms with E-state index in [9.17, 15) is 25.1 Å². The topological polar surface area (TPSA) is 190 Å². The third kappa shape index (κ3) is 5.92. The number of rotatable bonds is 9. The van der Waals surface area contributed by atoms with Crippen LogP contribution in [0.15, 0.2) is 73.3 Å². The normalized spacial score (nSPS) is 21.3. The van der Waals surface area contributed by atoms with Gasteiger partial charge < -0.3 is 35.2 Å². The van der Waals surface area contributed by atoms with Gasteiger partial charge in [0, 0.05) is 37.8 Å². The number of amides is 1. The van der Waals surface area contributed by atoms with Crippen LogP contribution in [0.1, 0.15) is 22.1 Å². The first-order chi connectivity index (χ1) is 22.9. The molecule has 0 unspecified atom stereocenters. The first-order valence-electron chi connectivity index (χ1n) is 15.2. The molecule has 2 aromatic heterocycles. The number of morpholine rings is 1. The molecule has 242 valence electrons. The average molecular weight is 641 g/mol. The molecule has 1 amide bonds. The van der Waals surface area contributed by atoms with Crippen molar-refractivity contribution in [2.75, 3.05) is 43.1 Å². The molecule has 5 aromatic rings. The van der Waals surface area contributed by atoms with Gasteiger partial charge in [-0.25, -0.2) is 15.0 Å². The van der Waals surface area contributed by atoms with Gasteiger partial charge in [-0.3, -0.25) is 19.5 Å². The fourth-order valence-electron chi connectivity index (χ4n) is 6.10. The largest absolute Gasteiger partial charge is 0.387 e. The van der Waals surface area contributed by atoms with Crippen molar-refractivity contribution in [3.05, 3.63) is 94.6 Å². The number of carbonyl (C=O) groups excluding carboxylic acids is 1. The molecule has 47 heavy (non-hydrogen) atoms. The molecule has 15 nitrogen and oxygen atoms in total. The quantitative estimate of drug-likeness (QED) is 0.136. The fourth-order valence-corrected chi connectivity index (χ4v) is 6.10. The summed E-state index contributed by atoms with van der Waals surface area (Å²) in [5, 5.41) is 41.8. The van der Waals surface area contributed by atoms with Gasteiger partial charge in [-0.15, -0.1) is 0 Å². The fraction of sp³-hybridized carbons (Fsp3) is 0.312. The number of hydrogen-bond acceptors (Lipinski definition) is 12. The summed E-state index contributed by atoms with van der Waals surface area (Å²) >= 11 is 0. The van der Waals surface area contributed by atoms with Gasteiger partial charge in [0.1, 0.15) is 30.3 Å². The van der Waals surface area contributed by atoms with Crippen molar-refractivity contribution in [1.82, 2.24) is 24.8 Å². The summed E-state index contributed by atoms with van der Waals surface area (Å²) in [5.41, 5.74) is 2.23. The smallest absolute Gasteiger partial charge is 0.293 e. The van der Waals surface area contributed by atoms with E-state index in [-0.39, 0.29) is 17.8 Å². The standard InChI is InChI=1S/C32H32N8O7/c41-27-25(16-34-31(43)20-8-9-23(24(14-20)40(44)45)38-10-12-46-13-11-38)47-32(28(27)42)39-18-37-26-29(35-17-36-30(26)39)33-15-21-6-3-5-19-4-1-2-7-22(19)21/h1-9,14,17-18,25,27-28,32,41-42H,10-13,15-16H2,(H,34,43)(H,33,35,36)/t25-,27-,28-,32-/m1/s1. The van der Waals surface area contributed by atoms with Crippen LogP contribution < -0.4 is 15.5 Å². The lowest BCUT2D eigenvalue weighted by Crippen LogP contribution is -2.40. The minimum Gasteiger partial charge on any atom is -0.387 e. The number of nitro groups is 1. The molecule has 0 saturated carbocycles. The molecule has 2 fully saturated rings. The number of ether oxygens (including phenoxy) is 2. The Kier molecular flexibility index (Phi) is 8.34. The van der Waals surface area contributed by atoms with E-state index in [0.717, 1.165) is 16.3 Å². The minimum absolute atomic E-state index is 0.0825. The third-order valence-corrected chi connectivity index (χ3v) is 8.55. The Bertz CT molecular complexity index is 1940. The minimum atomic E-state index is -1.36. The molecule has 15 heteroatoms. The number of fused-ring (bicyclic) bond motifs is 2. The Hall–Kier alpha value is -5.22. The maximum Gasteiger partial charge on any atom is 0.293 e. The molecule has 4 atom stereocenters. The SMILES string of the molecule is O=C(NC[C@H]1O[C@@H](n2cnc3c(NCc4cccc5ccccc45)ncnc32)[C@H](O)[C@@H]1O)c1ccc(N2CCOCC2)c([N+](=O)[O-])c1. The summed E-state index contributed by atoms with van der Waals surface area (Å²) in [6.07, 6.45) is -1.90. The number of imidazole rings is 1. The molecule has 4 heterocycles. The molecular formula is C32H32N8O7. The van der Waals surface area contributed by atoms with Crippen molar-refractivity contribution in [2.45, 2.75) is 31.1 Å². The zero-order chi connectivity index (χ0) is 32.5. The van der Waals surface area contributed by atoms with E-state index in [0.29, 0.717) is 55.5 Å². The first-order valence-corrected chi connectivity index (χ1v) is 15.2. The van der Waals surface area contributed by atoms with Gasteiger partial charge in [-0.2, -0.15) is 0 Å². The Morgan fingerprint density at radius 2 is 1.83 bits per heavy atom. The number of anilines is 2. The van der Waals surface area contributed by atoms with Crippen LogP contribution in [0.3, 0.4) is 0 Å². The number of carbonyl (C=O) groups is 1. The molecule has 0 radical (unpaired) electrons. The molecule has 7 rings (SSSR count). The summed E-state index contributed by atoms with van der Waals surface area (Å²) in [6.45, 7) is 2.26. The second kappa shape index (κ2) is 12.9. The number of aliphatic hydroxyl groups excluding tert-OH is 2. The van der Waals surface area contributed by atoms with Gasteiger partial charge in [-0.05, 0) is 28.5 Å². The van der Waals surface area contributed by atoms with Gasteiger partial charge in [0.2, 0.25) is 0 Å². The van der Waals surface area contributed by atoms with Crippen molar-refractivity contribution >= 4 is 45.0 Å². The lowest BCUT2D eigenvalue weighted by atomic mass is 10.0. The number of nitro benzene ring substituents is 1. The van der Waals surface area contributed by atoms with Crippen LogP contribution in [-0.4, -0.2) is 91.7 Å². The van der Waals surface area contributed by atoms with Crippen molar-refractivity contribution in [1.29, 1.82) is 0 Å². The van der Waals surface area contributed by atoms with Crippen molar-refractivity contribution in [3.63, 3.8) is 0 Å². The molecule has 0 bridgehead atoms. The first kappa shape index (κ1) is 30.4. The average Bonchev–Trinajstić information content (AvgIpc) is 3.66. The monoisotopic (exact) mass is 640 g/mol. The van der Waals surface area contributed by atoms with Crippen molar-refractivity contribution < 1.29 is 29.4 Å². The number of nitrogens with one attached hydrogen (secondary N) is 2. The van der Waals surface area contributed by atoms with E-state index in [4.69, 9.17) is 9.47 Å². The second-order valence-corrected chi connectivity index (χ2v) is 11.4. The zero-order valence-electron chi connectivity index (χ0n) is 25.1. The third-order valence-electron chi connectivity index (χ3n) is 8.55. The molecular weight excluding hydrogens is 608 g/mol. The summed E-state index contributed by atoms with van der Waals surface area (Å²) in [4.78, 5) is 39.3. The van der Waals surface area contributed by atoms with Crippen molar-refractivity contribution in [3.8, 4) is 0 Å². The van der Waals surface area contributed by atoms with Gasteiger partial charge in [-0.1, -0.05) is 42.5 Å². The Labute approximate surface area is 267 Å². The highest BCUT2D eigenvalue weighted by Crippen LogP contribution is 2.33. The van der Waals surface area contributed by atoms with E-state index in [2.05, 4.69) is 43.8 Å². The summed E-state index contributed by atoms with van der Waals surface area (Å²) in [5.74, 6) is -0.0923. The highest BCUT2D eigenvalue weighted by atomic mass is 16.6. The highest BCUT2D eigenvalue weighted by molar-refractivity contribution is 5.96. The van der Waals surface area contributed by atoms with Crippen molar-refractivity contribution in [2.24, 2.45) is 0 Å². The summed E-state index contributed by atoms with van der Waals surface area (Å²) in [7, 11) is 0. The highest BCUT2D eigenvalue weighted by Gasteiger charge is 2.44. The second-order valence-electron chi connectivity index (χ2n) is 11.4. The van der Waals surface area contributed by atoms with Crippen LogP contribution >= 0.6 is 0 Å². The predicted octanol–water partition coefficient (Wildman–Crippen LogP) is 2.39. The van der Waals surface area contributed by atoms with Crippen LogP contribution in [-0.2, 0) is 16.0 Å². The molecule has 2 aliphatic heterocycles. The lowest BCUT2D eigenvalue weighted by molar-refractivity contribution is -0.384. The van der Waals surface area contributed by atoms with Crippen LogP contribution in [0.25, 0.3) is 21.9 Å². The van der Waals surface area contributed by atoms with Crippen LogP contribution in [0.2, 0.25) is 0 Å². The zero-order valence-corrected chi connectivity index (χ0v) is 25.1. The van der Waals surface area contributed by atoms with E-state index < -0.39 is 35.4 Å². The lowest BCUT2D eigenvalue weighted by Gasteiger charge is -2.28. The predicted molar refractivity (Wildman–Crippen MR) is 171 cm³/mol. The van der Waals surface area contributed by atoms with Gasteiger partial charge in [0.25, 0.3) is 11.6 Å². The number of aliphatic hydroxyl groups is 2. The molecule has 4 N–H and O–H groups in total. The van der Waals surface area contributed by atoms with E-state index in [1.54, 1.807) is 6.07 Å². The Balaban J connectivity index is 1.03. The number of aromatic nitrogens is 4. The molecule has 2 saturated heterocycles. The van der Waals surface area contributed by atoms with Gasteiger partial charge >= 0.3 is 0 Å². The maximum absolute atomic E-state index is 13.0. The van der Waals surface area contributed by atoms with Gasteiger partial charge in [0.15, 0.2) is 23.2 Å².